The number of aromatic nitrogens is 3. The number of hydrogen-bond donors (Lipinski definition) is 1. The van der Waals surface area contributed by atoms with Gasteiger partial charge in [0.15, 0.2) is 17.1 Å². The van der Waals surface area contributed by atoms with Crippen LogP contribution in [0.5, 0.6) is 11.5 Å². The summed E-state index contributed by atoms with van der Waals surface area (Å²) in [6, 6.07) is 7.27. The number of likely N-dealkylation sites (tertiary alicyclic amines) is 1. The molecule has 0 radical (unpaired) electrons. The minimum atomic E-state index is -0.112. The maximum Gasteiger partial charge on any atom is 0.253 e. The van der Waals surface area contributed by atoms with E-state index in [1.807, 2.05) is 18.0 Å². The van der Waals surface area contributed by atoms with Crippen LogP contribution >= 0.6 is 0 Å². The molecule has 2 amide bonds. The summed E-state index contributed by atoms with van der Waals surface area (Å²) in [5.41, 5.74) is 3.89. The first-order valence-corrected chi connectivity index (χ1v) is 11.8. The molecule has 1 aliphatic carbocycles. The van der Waals surface area contributed by atoms with Crippen LogP contribution in [0, 0.1) is 0 Å². The number of amides is 2. The van der Waals surface area contributed by atoms with Crippen molar-refractivity contribution in [2.75, 3.05) is 26.9 Å². The molecule has 176 valence electrons. The van der Waals surface area contributed by atoms with Gasteiger partial charge in [0, 0.05) is 50.3 Å². The van der Waals surface area contributed by atoms with E-state index >= 15 is 0 Å². The molecule has 1 saturated carbocycles. The summed E-state index contributed by atoms with van der Waals surface area (Å²) in [5, 5.41) is 8.44. The molecule has 1 N–H and O–H groups in total. The Morgan fingerprint density at radius 1 is 1.03 bits per heavy atom. The van der Waals surface area contributed by atoms with Crippen molar-refractivity contribution in [1.82, 2.24) is 25.0 Å². The van der Waals surface area contributed by atoms with Gasteiger partial charge in [0.2, 0.25) is 6.79 Å². The molecule has 2 aliphatic heterocycles. The Bertz CT molecular complexity index is 1300. The largest absolute Gasteiger partial charge is 0.454 e. The van der Waals surface area contributed by atoms with Gasteiger partial charge in [-0.15, -0.1) is 0 Å². The highest BCUT2D eigenvalue weighted by atomic mass is 16.7. The van der Waals surface area contributed by atoms with Gasteiger partial charge in [-0.25, -0.2) is 4.98 Å². The normalized spacial score (nSPS) is 17.9. The molecule has 9 heteroatoms. The number of nitrogens with zero attached hydrogens (tertiary/aromatic N) is 4. The van der Waals surface area contributed by atoms with E-state index in [1.165, 1.54) is 0 Å². The van der Waals surface area contributed by atoms with Crippen LogP contribution in [0.4, 0.5) is 0 Å². The molecule has 0 unspecified atom stereocenters. The topological polar surface area (TPSA) is 98.6 Å². The van der Waals surface area contributed by atoms with Crippen molar-refractivity contribution in [2.45, 2.75) is 37.5 Å². The minimum Gasteiger partial charge on any atom is -0.454 e. The summed E-state index contributed by atoms with van der Waals surface area (Å²) in [4.78, 5) is 32.6. The van der Waals surface area contributed by atoms with E-state index in [2.05, 4.69) is 5.32 Å². The average Bonchev–Trinajstić information content (AvgIpc) is 3.53. The number of aryl methyl sites for hydroxylation is 1. The zero-order valence-electron chi connectivity index (χ0n) is 19.3. The molecule has 9 nitrogen and oxygen atoms in total. The van der Waals surface area contributed by atoms with Gasteiger partial charge in [0.05, 0.1) is 16.6 Å². The molecular weight excluding hydrogens is 434 g/mol. The van der Waals surface area contributed by atoms with Crippen LogP contribution in [0.2, 0.25) is 0 Å². The van der Waals surface area contributed by atoms with E-state index in [0.717, 1.165) is 48.1 Å². The third-order valence-corrected chi connectivity index (χ3v) is 7.10. The monoisotopic (exact) mass is 461 g/mol. The molecule has 3 aromatic rings. The van der Waals surface area contributed by atoms with Crippen LogP contribution in [-0.4, -0.2) is 58.4 Å². The van der Waals surface area contributed by atoms with Crippen LogP contribution < -0.4 is 14.8 Å². The Hall–Kier alpha value is -3.62. The third-order valence-electron chi connectivity index (χ3n) is 7.10. The Balaban J connectivity index is 1.26. The van der Waals surface area contributed by atoms with Gasteiger partial charge in [-0.05, 0) is 49.9 Å². The molecule has 4 heterocycles. The lowest BCUT2D eigenvalue weighted by atomic mass is 9.90. The van der Waals surface area contributed by atoms with Crippen molar-refractivity contribution in [3.63, 3.8) is 0 Å². The first kappa shape index (κ1) is 20.9. The van der Waals surface area contributed by atoms with Gasteiger partial charge in [-0.2, -0.15) is 5.10 Å². The molecule has 6 rings (SSSR count). The number of rotatable bonds is 4. The Labute approximate surface area is 197 Å². The number of fused-ring (bicyclic) bond motifs is 2. The van der Waals surface area contributed by atoms with Gasteiger partial charge >= 0.3 is 0 Å². The van der Waals surface area contributed by atoms with E-state index in [4.69, 9.17) is 19.6 Å². The third kappa shape index (κ3) is 3.46. The molecule has 34 heavy (non-hydrogen) atoms. The predicted molar refractivity (Wildman–Crippen MR) is 124 cm³/mol. The summed E-state index contributed by atoms with van der Waals surface area (Å²) >= 11 is 0. The average molecular weight is 462 g/mol. The van der Waals surface area contributed by atoms with Crippen LogP contribution in [-0.2, 0) is 7.05 Å². The highest BCUT2D eigenvalue weighted by Gasteiger charge is 2.32. The second-order valence-electron chi connectivity index (χ2n) is 9.29. The number of piperidine rings is 1. The summed E-state index contributed by atoms with van der Waals surface area (Å²) < 4.78 is 12.6. The number of ether oxygens (including phenoxy) is 2. The van der Waals surface area contributed by atoms with Crippen molar-refractivity contribution >= 4 is 22.8 Å². The fraction of sp³-hybridized carbons (Fsp3) is 0.440. The Morgan fingerprint density at radius 2 is 1.79 bits per heavy atom. The summed E-state index contributed by atoms with van der Waals surface area (Å²) in [6.45, 7) is 1.43. The van der Waals surface area contributed by atoms with E-state index in [1.54, 1.807) is 29.9 Å². The van der Waals surface area contributed by atoms with E-state index in [0.29, 0.717) is 41.6 Å². The lowest BCUT2D eigenvalue weighted by Crippen LogP contribution is -2.38. The smallest absolute Gasteiger partial charge is 0.253 e. The number of benzene rings is 1. The zero-order chi connectivity index (χ0) is 23.4. The lowest BCUT2D eigenvalue weighted by molar-refractivity contribution is 0.0711. The van der Waals surface area contributed by atoms with Crippen molar-refractivity contribution in [1.29, 1.82) is 0 Å². The van der Waals surface area contributed by atoms with Crippen molar-refractivity contribution < 1.29 is 19.1 Å². The van der Waals surface area contributed by atoms with Crippen molar-refractivity contribution in [3.05, 3.63) is 46.8 Å². The van der Waals surface area contributed by atoms with E-state index in [-0.39, 0.29) is 24.5 Å². The second-order valence-corrected chi connectivity index (χ2v) is 9.29. The minimum absolute atomic E-state index is 0.00980. The molecule has 0 spiro atoms. The van der Waals surface area contributed by atoms with Gasteiger partial charge in [0.1, 0.15) is 0 Å². The molecular formula is C25H27N5O4. The lowest BCUT2D eigenvalue weighted by Gasteiger charge is -2.31. The summed E-state index contributed by atoms with van der Waals surface area (Å²) in [5.74, 6) is 1.75. The van der Waals surface area contributed by atoms with Crippen LogP contribution in [0.15, 0.2) is 24.3 Å². The molecule has 2 fully saturated rings. The van der Waals surface area contributed by atoms with Gasteiger partial charge in [-0.1, -0.05) is 0 Å². The number of carbonyl (C=O) groups excluding carboxylic acids is 2. The van der Waals surface area contributed by atoms with E-state index in [9.17, 15) is 9.59 Å². The second kappa shape index (κ2) is 8.00. The molecule has 0 atom stereocenters. The SMILES string of the molecule is CNC(=O)c1cc(C2CC2)nc2c1c(C1CCN(C(=O)c3ccc4c(c3)OCO4)CC1)nn2C. The molecule has 1 saturated heterocycles. The number of pyridine rings is 1. The maximum absolute atomic E-state index is 13.1. The van der Waals surface area contributed by atoms with Crippen LogP contribution in [0.1, 0.15) is 69.6 Å². The first-order valence-electron chi connectivity index (χ1n) is 11.8. The van der Waals surface area contributed by atoms with Gasteiger partial charge in [0.25, 0.3) is 11.8 Å². The number of carbonyl (C=O) groups is 2. The number of nitrogens with one attached hydrogen (secondary N) is 1. The van der Waals surface area contributed by atoms with Crippen molar-refractivity contribution in [2.24, 2.45) is 7.05 Å². The highest BCUT2D eigenvalue weighted by Crippen LogP contribution is 2.42. The van der Waals surface area contributed by atoms with Crippen LogP contribution in [0.25, 0.3) is 11.0 Å². The maximum atomic E-state index is 13.1. The molecule has 3 aliphatic rings. The summed E-state index contributed by atoms with van der Waals surface area (Å²) in [6.07, 6.45) is 3.79. The van der Waals surface area contributed by atoms with Gasteiger partial charge in [-0.3, -0.25) is 14.3 Å². The highest BCUT2D eigenvalue weighted by molar-refractivity contribution is 6.06. The summed E-state index contributed by atoms with van der Waals surface area (Å²) in [7, 11) is 3.54. The van der Waals surface area contributed by atoms with Crippen molar-refractivity contribution in [3.8, 4) is 11.5 Å². The van der Waals surface area contributed by atoms with E-state index < -0.39 is 0 Å². The Kier molecular flexibility index (Phi) is 4.93. The number of hydrogen-bond acceptors (Lipinski definition) is 6. The quantitative estimate of drug-likeness (QED) is 0.642. The van der Waals surface area contributed by atoms with Gasteiger partial charge < -0.3 is 19.7 Å². The van der Waals surface area contributed by atoms with Crippen LogP contribution in [0.3, 0.4) is 0 Å². The molecule has 2 aromatic heterocycles. The fourth-order valence-electron chi connectivity index (χ4n) is 5.05. The molecule has 1 aromatic carbocycles. The predicted octanol–water partition coefficient (Wildman–Crippen LogP) is 2.95. The fourth-order valence-corrected chi connectivity index (χ4v) is 5.05. The molecule has 0 bridgehead atoms. The Morgan fingerprint density at radius 3 is 2.53 bits per heavy atom. The standard InChI is InChI=1S/C25H27N5O4/c1-26-24(31)17-12-18(14-3-4-14)27-23-21(17)22(28-29(23)2)15-7-9-30(10-8-15)25(32)16-5-6-19-20(11-16)34-13-33-19/h5-6,11-12,14-15H,3-4,7-10,13H2,1-2H3,(H,26,31). The zero-order valence-corrected chi connectivity index (χ0v) is 19.3. The first-order chi connectivity index (χ1) is 16.5.